The first kappa shape index (κ1) is 14.3. The van der Waals surface area contributed by atoms with Crippen molar-refractivity contribution in [2.45, 2.75) is 31.9 Å². The highest BCUT2D eigenvalue weighted by molar-refractivity contribution is 5.92. The third-order valence-corrected chi connectivity index (χ3v) is 3.50. The number of nitrogens with one attached hydrogen (secondary N) is 1. The summed E-state index contributed by atoms with van der Waals surface area (Å²) in [5, 5.41) is 10.5. The molecular formula is C16H17N3O3. The molecule has 6 heteroatoms. The molecule has 0 aliphatic carbocycles. The van der Waals surface area contributed by atoms with E-state index in [9.17, 15) is 4.79 Å². The Labute approximate surface area is 128 Å². The van der Waals surface area contributed by atoms with E-state index in [1.165, 1.54) is 11.8 Å². The maximum atomic E-state index is 12.0. The van der Waals surface area contributed by atoms with Gasteiger partial charge in [0.15, 0.2) is 0 Å². The normalized spacial score (nSPS) is 16.9. The van der Waals surface area contributed by atoms with Crippen molar-refractivity contribution < 1.29 is 14.2 Å². The highest BCUT2D eigenvalue weighted by Gasteiger charge is 2.27. The lowest BCUT2D eigenvalue weighted by atomic mass is 10.0. The number of hydrogen-bond donors (Lipinski definition) is 1. The Bertz CT molecular complexity index is 638. The summed E-state index contributed by atoms with van der Waals surface area (Å²) in [6, 6.07) is 11.9. The molecule has 1 N–H and O–H groups in total. The second-order valence-electron chi connectivity index (χ2n) is 5.15. The van der Waals surface area contributed by atoms with E-state index >= 15 is 0 Å². The minimum atomic E-state index is -0.544. The van der Waals surface area contributed by atoms with E-state index in [1.54, 1.807) is 6.07 Å². The first-order valence-electron chi connectivity index (χ1n) is 7.24. The fourth-order valence-corrected chi connectivity index (χ4v) is 2.27. The molecule has 1 aliphatic rings. The minimum absolute atomic E-state index is 0.179. The lowest BCUT2D eigenvalue weighted by Crippen LogP contribution is -2.34. The van der Waals surface area contributed by atoms with Crippen LogP contribution in [0, 0.1) is 0 Å². The van der Waals surface area contributed by atoms with Crippen LogP contribution in [0.5, 0.6) is 0 Å². The van der Waals surface area contributed by atoms with Crippen molar-refractivity contribution in [3.63, 3.8) is 0 Å². The van der Waals surface area contributed by atoms with Crippen molar-refractivity contribution in [3.8, 4) is 0 Å². The van der Waals surface area contributed by atoms with Gasteiger partial charge in [0.25, 0.3) is 5.91 Å². The fourth-order valence-electron chi connectivity index (χ4n) is 2.27. The number of nitrogens with zero attached hydrogens (tertiary/aromatic N) is 2. The SMILES string of the molecule is O=C(NCc1ccon1)[C@H]1CC(CCc2ccccc2)=NO1. The Hall–Kier alpha value is -2.63. The molecule has 0 fully saturated rings. The molecule has 1 atom stereocenters. The van der Waals surface area contributed by atoms with Gasteiger partial charge in [0.05, 0.1) is 12.3 Å². The molecule has 0 saturated heterocycles. The van der Waals surface area contributed by atoms with Gasteiger partial charge in [0.2, 0.25) is 6.10 Å². The molecule has 114 valence electrons. The maximum absolute atomic E-state index is 12.0. The largest absolute Gasteiger partial charge is 0.382 e. The Morgan fingerprint density at radius 2 is 2.09 bits per heavy atom. The van der Waals surface area contributed by atoms with Gasteiger partial charge in [-0.25, -0.2) is 0 Å². The summed E-state index contributed by atoms with van der Waals surface area (Å²) in [7, 11) is 0. The zero-order valence-electron chi connectivity index (χ0n) is 12.1. The molecule has 0 radical (unpaired) electrons. The topological polar surface area (TPSA) is 76.7 Å². The van der Waals surface area contributed by atoms with E-state index in [4.69, 9.17) is 9.36 Å². The van der Waals surface area contributed by atoms with E-state index in [0.717, 1.165) is 18.6 Å². The molecule has 0 bridgehead atoms. The van der Waals surface area contributed by atoms with Gasteiger partial charge in [-0.3, -0.25) is 4.79 Å². The van der Waals surface area contributed by atoms with Crippen LogP contribution in [0.25, 0.3) is 0 Å². The van der Waals surface area contributed by atoms with Gasteiger partial charge in [-0.15, -0.1) is 0 Å². The van der Waals surface area contributed by atoms with Crippen LogP contribution in [0.15, 0.2) is 52.3 Å². The summed E-state index contributed by atoms with van der Waals surface area (Å²) >= 11 is 0. The predicted molar refractivity (Wildman–Crippen MR) is 80.0 cm³/mol. The molecule has 1 aromatic carbocycles. The molecule has 1 aliphatic heterocycles. The molecular weight excluding hydrogens is 282 g/mol. The van der Waals surface area contributed by atoms with Crippen LogP contribution in [0.1, 0.15) is 24.1 Å². The van der Waals surface area contributed by atoms with E-state index in [0.29, 0.717) is 18.7 Å². The highest BCUT2D eigenvalue weighted by atomic mass is 16.6. The smallest absolute Gasteiger partial charge is 0.264 e. The van der Waals surface area contributed by atoms with Crippen LogP contribution < -0.4 is 5.32 Å². The summed E-state index contributed by atoms with van der Waals surface area (Å²) in [5.41, 5.74) is 2.85. The number of aryl methyl sites for hydroxylation is 1. The Morgan fingerprint density at radius 3 is 2.86 bits per heavy atom. The van der Waals surface area contributed by atoms with Gasteiger partial charge in [0.1, 0.15) is 12.0 Å². The standard InChI is InChI=1S/C16H17N3O3/c20-16(17-11-14-8-9-21-18-14)15-10-13(19-22-15)7-6-12-4-2-1-3-5-12/h1-5,8-9,15H,6-7,10-11H2,(H,17,20)/t15-/m1/s1. The number of amides is 1. The third-order valence-electron chi connectivity index (χ3n) is 3.50. The second-order valence-corrected chi connectivity index (χ2v) is 5.15. The summed E-state index contributed by atoms with van der Waals surface area (Å²) in [4.78, 5) is 17.2. The van der Waals surface area contributed by atoms with E-state index in [1.807, 2.05) is 18.2 Å². The molecule has 6 nitrogen and oxygen atoms in total. The van der Waals surface area contributed by atoms with Crippen molar-refractivity contribution in [2.24, 2.45) is 5.16 Å². The molecule has 0 spiro atoms. The van der Waals surface area contributed by atoms with Crippen LogP contribution >= 0.6 is 0 Å². The summed E-state index contributed by atoms with van der Waals surface area (Å²) in [6.07, 6.45) is 3.17. The van der Waals surface area contributed by atoms with Gasteiger partial charge < -0.3 is 14.7 Å². The van der Waals surface area contributed by atoms with Crippen LogP contribution in [0.2, 0.25) is 0 Å². The van der Waals surface area contributed by atoms with Crippen molar-refractivity contribution >= 4 is 11.6 Å². The Morgan fingerprint density at radius 1 is 1.23 bits per heavy atom. The maximum Gasteiger partial charge on any atom is 0.264 e. The van der Waals surface area contributed by atoms with Crippen molar-refractivity contribution in [1.29, 1.82) is 0 Å². The van der Waals surface area contributed by atoms with E-state index in [-0.39, 0.29) is 5.91 Å². The first-order valence-corrected chi connectivity index (χ1v) is 7.24. The summed E-state index contributed by atoms with van der Waals surface area (Å²) in [6.45, 7) is 0.328. The number of rotatable bonds is 6. The van der Waals surface area contributed by atoms with Gasteiger partial charge in [-0.05, 0) is 18.4 Å². The third kappa shape index (κ3) is 3.72. The summed E-state index contributed by atoms with van der Waals surface area (Å²) in [5.74, 6) is -0.179. The molecule has 3 rings (SSSR count). The molecule has 0 saturated carbocycles. The number of aromatic nitrogens is 1. The first-order chi connectivity index (χ1) is 10.8. The fraction of sp³-hybridized carbons (Fsp3) is 0.312. The molecule has 2 heterocycles. The Balaban J connectivity index is 1.42. The monoisotopic (exact) mass is 299 g/mol. The predicted octanol–water partition coefficient (Wildman–Crippen LogP) is 2.07. The molecule has 22 heavy (non-hydrogen) atoms. The zero-order valence-corrected chi connectivity index (χ0v) is 12.1. The quantitative estimate of drug-likeness (QED) is 0.886. The van der Waals surface area contributed by atoms with Gasteiger partial charge in [-0.2, -0.15) is 0 Å². The second kappa shape index (κ2) is 6.89. The van der Waals surface area contributed by atoms with Crippen molar-refractivity contribution in [3.05, 3.63) is 53.9 Å². The van der Waals surface area contributed by atoms with E-state index in [2.05, 4.69) is 27.8 Å². The molecule has 0 unspecified atom stereocenters. The lowest BCUT2D eigenvalue weighted by Gasteiger charge is -2.07. The van der Waals surface area contributed by atoms with Crippen LogP contribution in [0.4, 0.5) is 0 Å². The van der Waals surface area contributed by atoms with Crippen molar-refractivity contribution in [2.75, 3.05) is 0 Å². The van der Waals surface area contributed by atoms with Gasteiger partial charge in [-0.1, -0.05) is 40.6 Å². The minimum Gasteiger partial charge on any atom is -0.382 e. The van der Waals surface area contributed by atoms with Gasteiger partial charge >= 0.3 is 0 Å². The number of carbonyl (C=O) groups excluding carboxylic acids is 1. The van der Waals surface area contributed by atoms with Crippen LogP contribution in [-0.4, -0.2) is 22.9 Å². The molecule has 2 aromatic rings. The van der Waals surface area contributed by atoms with Crippen LogP contribution in [0.3, 0.4) is 0 Å². The van der Waals surface area contributed by atoms with Crippen molar-refractivity contribution in [1.82, 2.24) is 10.5 Å². The molecule has 1 aromatic heterocycles. The lowest BCUT2D eigenvalue weighted by molar-refractivity contribution is -0.131. The summed E-state index contributed by atoms with van der Waals surface area (Å²) < 4.78 is 4.71. The number of hydrogen-bond acceptors (Lipinski definition) is 5. The highest BCUT2D eigenvalue weighted by Crippen LogP contribution is 2.15. The number of benzene rings is 1. The molecule has 1 amide bonds. The number of oxime groups is 1. The average molecular weight is 299 g/mol. The van der Waals surface area contributed by atoms with Crippen LogP contribution in [-0.2, 0) is 22.6 Å². The number of carbonyl (C=O) groups is 1. The zero-order chi connectivity index (χ0) is 15.2. The van der Waals surface area contributed by atoms with E-state index < -0.39 is 6.10 Å². The average Bonchev–Trinajstić information content (AvgIpc) is 3.23. The van der Waals surface area contributed by atoms with Gasteiger partial charge in [0, 0.05) is 12.5 Å². The Kier molecular flexibility index (Phi) is 4.48.